The molecular weight excluding hydrogens is 344 g/mol. The lowest BCUT2D eigenvalue weighted by atomic mass is 10.0. The van der Waals surface area contributed by atoms with Crippen LogP contribution in [0.2, 0.25) is 5.02 Å². The third-order valence-electron chi connectivity index (χ3n) is 2.98. The van der Waals surface area contributed by atoms with E-state index in [-0.39, 0.29) is 0 Å². The molecule has 106 valence electrons. The van der Waals surface area contributed by atoms with E-state index in [1.807, 2.05) is 6.07 Å². The van der Waals surface area contributed by atoms with Crippen LogP contribution in [0, 0.1) is 0 Å². The molecule has 1 N–H and O–H groups in total. The Hall–Kier alpha value is -1.23. The summed E-state index contributed by atoms with van der Waals surface area (Å²) in [5, 5.41) is 11.0. The van der Waals surface area contributed by atoms with E-state index >= 15 is 0 Å². The average Bonchev–Trinajstić information content (AvgIpc) is 2.45. The topological polar surface area (TPSA) is 38.7 Å². The molecule has 0 bridgehead atoms. The molecule has 0 aliphatic heterocycles. The van der Waals surface area contributed by atoms with E-state index < -0.39 is 6.10 Å². The molecule has 1 atom stereocenters. The second kappa shape index (κ2) is 6.48. The monoisotopic (exact) mass is 356 g/mol. The fourth-order valence-electron chi connectivity index (χ4n) is 1.93. The van der Waals surface area contributed by atoms with Gasteiger partial charge in [0.15, 0.2) is 11.5 Å². The van der Waals surface area contributed by atoms with Crippen molar-refractivity contribution in [3.8, 4) is 11.5 Å². The first-order chi connectivity index (χ1) is 9.56. The van der Waals surface area contributed by atoms with E-state index in [1.165, 1.54) is 0 Å². The minimum atomic E-state index is -0.824. The zero-order valence-electron chi connectivity index (χ0n) is 11.1. The van der Waals surface area contributed by atoms with E-state index in [1.54, 1.807) is 44.6 Å². The molecule has 0 aliphatic rings. The van der Waals surface area contributed by atoms with Gasteiger partial charge in [-0.1, -0.05) is 39.7 Å². The SMILES string of the molecule is COc1ccc(C(O)c2ccc(Br)cc2Cl)cc1OC. The molecule has 2 aromatic rings. The molecule has 0 aromatic heterocycles. The van der Waals surface area contributed by atoms with Crippen LogP contribution >= 0.6 is 27.5 Å². The number of benzene rings is 2. The smallest absolute Gasteiger partial charge is 0.161 e. The van der Waals surface area contributed by atoms with Crippen LogP contribution in [0.15, 0.2) is 40.9 Å². The third-order valence-corrected chi connectivity index (χ3v) is 3.80. The van der Waals surface area contributed by atoms with Crippen molar-refractivity contribution in [2.75, 3.05) is 14.2 Å². The van der Waals surface area contributed by atoms with Crippen LogP contribution in [0.4, 0.5) is 0 Å². The summed E-state index contributed by atoms with van der Waals surface area (Å²) in [4.78, 5) is 0. The largest absolute Gasteiger partial charge is 0.493 e. The normalized spacial score (nSPS) is 12.1. The first kappa shape index (κ1) is 15.2. The van der Waals surface area contributed by atoms with Gasteiger partial charge in [0.1, 0.15) is 6.10 Å². The number of aliphatic hydroxyl groups excluding tert-OH is 1. The maximum Gasteiger partial charge on any atom is 0.161 e. The number of rotatable bonds is 4. The predicted octanol–water partition coefficient (Wildman–Crippen LogP) is 4.20. The van der Waals surface area contributed by atoms with Crippen molar-refractivity contribution in [3.05, 3.63) is 57.0 Å². The molecule has 0 radical (unpaired) electrons. The van der Waals surface area contributed by atoms with Crippen LogP contribution in [0.5, 0.6) is 11.5 Å². The van der Waals surface area contributed by atoms with Crippen molar-refractivity contribution < 1.29 is 14.6 Å². The highest BCUT2D eigenvalue weighted by atomic mass is 79.9. The molecule has 0 aliphatic carbocycles. The van der Waals surface area contributed by atoms with Gasteiger partial charge in [-0.25, -0.2) is 0 Å². The van der Waals surface area contributed by atoms with Crippen molar-refractivity contribution >= 4 is 27.5 Å². The van der Waals surface area contributed by atoms with Gasteiger partial charge in [-0.05, 0) is 29.8 Å². The first-order valence-electron chi connectivity index (χ1n) is 5.91. The lowest BCUT2D eigenvalue weighted by molar-refractivity contribution is 0.219. The van der Waals surface area contributed by atoms with E-state index in [0.29, 0.717) is 27.6 Å². The zero-order chi connectivity index (χ0) is 14.7. The summed E-state index contributed by atoms with van der Waals surface area (Å²) in [7, 11) is 3.13. The van der Waals surface area contributed by atoms with Crippen LogP contribution < -0.4 is 9.47 Å². The molecule has 0 heterocycles. The standard InChI is InChI=1S/C15H14BrClO3/c1-19-13-6-3-9(7-14(13)20-2)15(18)11-5-4-10(16)8-12(11)17/h3-8,15,18H,1-2H3. The van der Waals surface area contributed by atoms with Crippen molar-refractivity contribution in [3.63, 3.8) is 0 Å². The van der Waals surface area contributed by atoms with Gasteiger partial charge in [-0.2, -0.15) is 0 Å². The summed E-state index contributed by atoms with van der Waals surface area (Å²) in [5.74, 6) is 1.18. The van der Waals surface area contributed by atoms with Gasteiger partial charge >= 0.3 is 0 Å². The summed E-state index contributed by atoms with van der Waals surface area (Å²) < 4.78 is 11.3. The molecule has 3 nitrogen and oxygen atoms in total. The fourth-order valence-corrected chi connectivity index (χ4v) is 2.70. The Morgan fingerprint density at radius 3 is 2.35 bits per heavy atom. The lowest BCUT2D eigenvalue weighted by Gasteiger charge is -2.15. The van der Waals surface area contributed by atoms with Gasteiger partial charge in [0.2, 0.25) is 0 Å². The molecule has 0 saturated carbocycles. The maximum absolute atomic E-state index is 10.5. The van der Waals surface area contributed by atoms with Gasteiger partial charge in [-0.3, -0.25) is 0 Å². The van der Waals surface area contributed by atoms with Gasteiger partial charge < -0.3 is 14.6 Å². The van der Waals surface area contributed by atoms with Crippen molar-refractivity contribution in [1.82, 2.24) is 0 Å². The molecule has 2 rings (SSSR count). The number of hydrogen-bond donors (Lipinski definition) is 1. The Balaban J connectivity index is 2.40. The fraction of sp³-hybridized carbons (Fsp3) is 0.200. The van der Waals surface area contributed by atoms with Crippen molar-refractivity contribution in [1.29, 1.82) is 0 Å². The van der Waals surface area contributed by atoms with Gasteiger partial charge in [0.25, 0.3) is 0 Å². The minimum Gasteiger partial charge on any atom is -0.493 e. The van der Waals surface area contributed by atoms with E-state index in [0.717, 1.165) is 4.47 Å². The van der Waals surface area contributed by atoms with Crippen molar-refractivity contribution in [2.24, 2.45) is 0 Å². The second-order valence-electron chi connectivity index (χ2n) is 4.18. The molecule has 0 spiro atoms. The van der Waals surface area contributed by atoms with Crippen LogP contribution in [0.1, 0.15) is 17.2 Å². The first-order valence-corrected chi connectivity index (χ1v) is 7.09. The van der Waals surface area contributed by atoms with Gasteiger partial charge in [0.05, 0.1) is 14.2 Å². The number of ether oxygens (including phenoxy) is 2. The Morgan fingerprint density at radius 1 is 1.05 bits per heavy atom. The summed E-state index contributed by atoms with van der Waals surface area (Å²) in [6.07, 6.45) is -0.824. The van der Waals surface area contributed by atoms with Crippen LogP contribution in [0.3, 0.4) is 0 Å². The van der Waals surface area contributed by atoms with Crippen molar-refractivity contribution in [2.45, 2.75) is 6.10 Å². The molecule has 0 amide bonds. The predicted molar refractivity (Wildman–Crippen MR) is 82.8 cm³/mol. The highest BCUT2D eigenvalue weighted by Crippen LogP contribution is 2.35. The maximum atomic E-state index is 10.5. The molecule has 2 aromatic carbocycles. The second-order valence-corrected chi connectivity index (χ2v) is 5.51. The summed E-state index contributed by atoms with van der Waals surface area (Å²) >= 11 is 9.50. The highest BCUT2D eigenvalue weighted by Gasteiger charge is 2.16. The Bertz CT molecular complexity index is 616. The van der Waals surface area contributed by atoms with Crippen LogP contribution in [0.25, 0.3) is 0 Å². The Labute approximate surface area is 131 Å². The summed E-state index contributed by atoms with van der Waals surface area (Å²) in [6.45, 7) is 0. The lowest BCUT2D eigenvalue weighted by Crippen LogP contribution is -2.01. The molecular formula is C15H14BrClO3. The molecule has 0 saturated heterocycles. The van der Waals surface area contributed by atoms with Crippen LogP contribution in [-0.2, 0) is 0 Å². The Morgan fingerprint density at radius 2 is 1.75 bits per heavy atom. The highest BCUT2D eigenvalue weighted by molar-refractivity contribution is 9.10. The van der Waals surface area contributed by atoms with Gasteiger partial charge in [-0.15, -0.1) is 0 Å². The Kier molecular flexibility index (Phi) is 4.91. The average molecular weight is 358 g/mol. The number of hydrogen-bond acceptors (Lipinski definition) is 3. The summed E-state index contributed by atoms with van der Waals surface area (Å²) in [5.41, 5.74) is 1.33. The number of halogens is 2. The zero-order valence-corrected chi connectivity index (χ0v) is 13.4. The summed E-state index contributed by atoms with van der Waals surface area (Å²) in [6, 6.07) is 10.6. The molecule has 0 fully saturated rings. The van der Waals surface area contributed by atoms with Crippen LogP contribution in [-0.4, -0.2) is 19.3 Å². The molecule has 1 unspecified atom stereocenters. The minimum absolute atomic E-state index is 0.502. The molecule has 20 heavy (non-hydrogen) atoms. The number of aliphatic hydroxyl groups is 1. The third kappa shape index (κ3) is 3.08. The van der Waals surface area contributed by atoms with E-state index in [2.05, 4.69) is 15.9 Å². The quantitative estimate of drug-likeness (QED) is 0.891. The van der Waals surface area contributed by atoms with Gasteiger partial charge in [0, 0.05) is 15.1 Å². The molecule has 5 heteroatoms. The van der Waals surface area contributed by atoms with E-state index in [4.69, 9.17) is 21.1 Å². The van der Waals surface area contributed by atoms with E-state index in [9.17, 15) is 5.11 Å². The number of methoxy groups -OCH3 is 2.